The lowest BCUT2D eigenvalue weighted by Crippen LogP contribution is -2.24. The van der Waals surface area contributed by atoms with Crippen molar-refractivity contribution < 1.29 is 9.72 Å². The van der Waals surface area contributed by atoms with Gasteiger partial charge < -0.3 is 10.6 Å². The van der Waals surface area contributed by atoms with E-state index in [0.29, 0.717) is 25.1 Å². The van der Waals surface area contributed by atoms with E-state index in [1.165, 1.54) is 6.07 Å². The smallest absolute Gasteiger partial charge is 0.274 e. The van der Waals surface area contributed by atoms with Crippen molar-refractivity contribution >= 4 is 17.3 Å². The van der Waals surface area contributed by atoms with E-state index < -0.39 is 0 Å². The molecule has 0 heterocycles. The number of rotatable bonds is 8. The van der Waals surface area contributed by atoms with Gasteiger partial charge in [-0.05, 0) is 23.3 Å². The molecule has 6 nitrogen and oxygen atoms in total. The molecule has 142 valence electrons. The third kappa shape index (κ3) is 5.41. The molecule has 6 heteroatoms. The number of nitrogens with one attached hydrogen (secondary N) is 2. The first-order valence-electron chi connectivity index (χ1n) is 8.97. The molecule has 0 bridgehead atoms. The maximum Gasteiger partial charge on any atom is 0.274 e. The van der Waals surface area contributed by atoms with Crippen LogP contribution >= 0.6 is 0 Å². The highest BCUT2D eigenvalue weighted by Gasteiger charge is 2.11. The van der Waals surface area contributed by atoms with Crippen LogP contribution in [0.4, 0.5) is 11.4 Å². The molecule has 0 aliphatic rings. The number of nitro benzene ring substituents is 1. The Kier molecular flexibility index (Phi) is 6.36. The summed E-state index contributed by atoms with van der Waals surface area (Å²) in [5, 5.41) is 17.1. The lowest BCUT2D eigenvalue weighted by Gasteiger charge is -2.09. The molecule has 0 saturated heterocycles. The molecule has 0 aliphatic heterocycles. The molecule has 0 radical (unpaired) electrons. The van der Waals surface area contributed by atoms with Gasteiger partial charge in [-0.2, -0.15) is 0 Å². The molecular weight excluding hydrogens is 354 g/mol. The topological polar surface area (TPSA) is 84.3 Å². The summed E-state index contributed by atoms with van der Waals surface area (Å²) >= 11 is 0. The molecule has 0 saturated carbocycles. The number of hydrogen-bond donors (Lipinski definition) is 2. The lowest BCUT2D eigenvalue weighted by molar-refractivity contribution is -0.385. The van der Waals surface area contributed by atoms with E-state index in [2.05, 4.69) is 10.6 Å². The van der Waals surface area contributed by atoms with Gasteiger partial charge in [-0.25, -0.2) is 0 Å². The maximum atomic E-state index is 12.1. The maximum absolute atomic E-state index is 12.1. The molecule has 0 fully saturated rings. The Bertz CT molecular complexity index is 941. The highest BCUT2D eigenvalue weighted by Crippen LogP contribution is 2.19. The molecule has 0 aromatic heterocycles. The fraction of sp³-hybridized carbons (Fsp3) is 0.136. The number of hydrogen-bond acceptors (Lipinski definition) is 4. The average molecular weight is 375 g/mol. The lowest BCUT2D eigenvalue weighted by atomic mass is 10.1. The van der Waals surface area contributed by atoms with Crippen molar-refractivity contribution in [1.29, 1.82) is 0 Å². The number of anilines is 1. The molecule has 3 aromatic rings. The molecular formula is C22H21N3O3. The van der Waals surface area contributed by atoms with E-state index >= 15 is 0 Å². The molecule has 0 atom stereocenters. The Labute approximate surface area is 163 Å². The number of nitrogens with zero attached hydrogens (tertiary/aromatic N) is 1. The predicted octanol–water partition coefficient (Wildman–Crippen LogP) is 4.07. The Morgan fingerprint density at radius 3 is 2.21 bits per heavy atom. The Morgan fingerprint density at radius 2 is 1.50 bits per heavy atom. The SMILES string of the molecule is O=C(Cc1ccc(NCc2ccccc2[N+](=O)[O-])cc1)NCc1ccccc1. The van der Waals surface area contributed by atoms with Gasteiger partial charge in [0.1, 0.15) is 0 Å². The second-order valence-corrected chi connectivity index (χ2v) is 6.38. The molecule has 3 aromatic carbocycles. The van der Waals surface area contributed by atoms with Crippen LogP contribution < -0.4 is 10.6 Å². The van der Waals surface area contributed by atoms with Crippen LogP contribution in [0.3, 0.4) is 0 Å². The van der Waals surface area contributed by atoms with Crippen molar-refractivity contribution in [2.45, 2.75) is 19.5 Å². The van der Waals surface area contributed by atoms with Crippen LogP contribution in [0, 0.1) is 10.1 Å². The van der Waals surface area contributed by atoms with Crippen molar-refractivity contribution in [3.8, 4) is 0 Å². The van der Waals surface area contributed by atoms with Gasteiger partial charge in [0.05, 0.1) is 11.3 Å². The fourth-order valence-corrected chi connectivity index (χ4v) is 2.82. The van der Waals surface area contributed by atoms with E-state index in [9.17, 15) is 14.9 Å². The first-order valence-corrected chi connectivity index (χ1v) is 8.97. The summed E-state index contributed by atoms with van der Waals surface area (Å²) in [6, 6.07) is 23.9. The molecule has 0 spiro atoms. The number of carbonyl (C=O) groups excluding carboxylic acids is 1. The van der Waals surface area contributed by atoms with Gasteiger partial charge in [0.25, 0.3) is 5.69 Å². The zero-order chi connectivity index (χ0) is 19.8. The summed E-state index contributed by atoms with van der Waals surface area (Å²) in [7, 11) is 0. The number of carbonyl (C=O) groups is 1. The average Bonchev–Trinajstić information content (AvgIpc) is 2.72. The normalized spacial score (nSPS) is 10.3. The predicted molar refractivity (Wildman–Crippen MR) is 109 cm³/mol. The summed E-state index contributed by atoms with van der Waals surface area (Å²) in [6.45, 7) is 0.864. The van der Waals surface area contributed by atoms with E-state index in [0.717, 1.165) is 16.8 Å². The first-order chi connectivity index (χ1) is 13.6. The van der Waals surface area contributed by atoms with Gasteiger partial charge in [-0.1, -0.05) is 60.7 Å². The standard InChI is InChI=1S/C22H21N3O3/c26-22(24-15-18-6-2-1-3-7-18)14-17-10-12-20(13-11-17)23-16-19-8-4-5-9-21(19)25(27)28/h1-13,23H,14-16H2,(H,24,26). The number of amides is 1. The third-order valence-corrected chi connectivity index (χ3v) is 4.32. The molecule has 28 heavy (non-hydrogen) atoms. The van der Waals surface area contributed by atoms with E-state index in [4.69, 9.17) is 0 Å². The van der Waals surface area contributed by atoms with Gasteiger partial charge in [0.2, 0.25) is 5.91 Å². The fourth-order valence-electron chi connectivity index (χ4n) is 2.82. The number of benzene rings is 3. The largest absolute Gasteiger partial charge is 0.381 e. The van der Waals surface area contributed by atoms with Crippen LogP contribution in [-0.2, 0) is 24.3 Å². The second kappa shape index (κ2) is 9.32. The zero-order valence-electron chi connectivity index (χ0n) is 15.3. The van der Waals surface area contributed by atoms with Crippen molar-refractivity contribution in [2.24, 2.45) is 0 Å². The van der Waals surface area contributed by atoms with Crippen molar-refractivity contribution in [3.05, 3.63) is 106 Å². The molecule has 0 aliphatic carbocycles. The van der Waals surface area contributed by atoms with E-state index in [1.54, 1.807) is 18.2 Å². The highest BCUT2D eigenvalue weighted by atomic mass is 16.6. The number of para-hydroxylation sites is 1. The number of nitro groups is 1. The van der Waals surface area contributed by atoms with Crippen molar-refractivity contribution in [1.82, 2.24) is 5.32 Å². The van der Waals surface area contributed by atoms with E-state index in [1.807, 2.05) is 54.6 Å². The Hall–Kier alpha value is -3.67. The quantitative estimate of drug-likeness (QED) is 0.459. The van der Waals surface area contributed by atoms with Crippen LogP contribution in [0.25, 0.3) is 0 Å². The Morgan fingerprint density at radius 1 is 0.821 bits per heavy atom. The minimum atomic E-state index is -0.381. The second-order valence-electron chi connectivity index (χ2n) is 6.38. The summed E-state index contributed by atoms with van der Waals surface area (Å²) in [4.78, 5) is 22.8. The van der Waals surface area contributed by atoms with Crippen molar-refractivity contribution in [2.75, 3.05) is 5.32 Å². The van der Waals surface area contributed by atoms with Crippen LogP contribution in [0.5, 0.6) is 0 Å². The zero-order valence-corrected chi connectivity index (χ0v) is 15.3. The first kappa shape index (κ1) is 19.1. The summed E-state index contributed by atoms with van der Waals surface area (Å²) < 4.78 is 0. The van der Waals surface area contributed by atoms with Crippen LogP contribution in [-0.4, -0.2) is 10.8 Å². The monoisotopic (exact) mass is 375 g/mol. The molecule has 3 rings (SSSR count). The van der Waals surface area contributed by atoms with Gasteiger partial charge in [-0.15, -0.1) is 0 Å². The molecule has 1 amide bonds. The van der Waals surface area contributed by atoms with Gasteiger partial charge in [-0.3, -0.25) is 14.9 Å². The molecule has 2 N–H and O–H groups in total. The minimum Gasteiger partial charge on any atom is -0.381 e. The summed E-state index contributed by atoms with van der Waals surface area (Å²) in [6.07, 6.45) is 0.303. The van der Waals surface area contributed by atoms with E-state index in [-0.39, 0.29) is 16.5 Å². The summed E-state index contributed by atoms with van der Waals surface area (Å²) in [5.41, 5.74) is 3.53. The van der Waals surface area contributed by atoms with Crippen LogP contribution in [0.2, 0.25) is 0 Å². The highest BCUT2D eigenvalue weighted by molar-refractivity contribution is 5.78. The van der Waals surface area contributed by atoms with Gasteiger partial charge >= 0.3 is 0 Å². The van der Waals surface area contributed by atoms with Crippen LogP contribution in [0.1, 0.15) is 16.7 Å². The third-order valence-electron chi connectivity index (χ3n) is 4.32. The van der Waals surface area contributed by atoms with Crippen molar-refractivity contribution in [3.63, 3.8) is 0 Å². The van der Waals surface area contributed by atoms with Gasteiger partial charge in [0.15, 0.2) is 0 Å². The van der Waals surface area contributed by atoms with Gasteiger partial charge in [0, 0.05) is 30.4 Å². The molecule has 0 unspecified atom stereocenters. The summed E-state index contributed by atoms with van der Waals surface area (Å²) in [5.74, 6) is -0.0375. The minimum absolute atomic E-state index is 0.0375. The van der Waals surface area contributed by atoms with Crippen LogP contribution in [0.15, 0.2) is 78.9 Å². The Balaban J connectivity index is 1.51.